The molecule has 0 radical (unpaired) electrons. The second kappa shape index (κ2) is 8.74. The van der Waals surface area contributed by atoms with Crippen LogP contribution in [0.4, 0.5) is 0 Å². The van der Waals surface area contributed by atoms with Crippen molar-refractivity contribution in [1.29, 1.82) is 0 Å². The van der Waals surface area contributed by atoms with Crippen molar-refractivity contribution in [3.05, 3.63) is 59.2 Å². The highest BCUT2D eigenvalue weighted by molar-refractivity contribution is 5.89. The molecule has 1 aromatic carbocycles. The van der Waals surface area contributed by atoms with E-state index < -0.39 is 5.97 Å². The van der Waals surface area contributed by atoms with Crippen molar-refractivity contribution in [3.63, 3.8) is 0 Å². The number of carboxylic acids is 1. The number of ether oxygens (including phenoxy) is 1. The van der Waals surface area contributed by atoms with E-state index in [0.717, 1.165) is 12.0 Å². The zero-order chi connectivity index (χ0) is 15.7. The fourth-order valence-corrected chi connectivity index (χ4v) is 1.62. The minimum atomic E-state index is -0.895. The molecule has 0 saturated heterocycles. The van der Waals surface area contributed by atoms with Crippen molar-refractivity contribution in [2.24, 2.45) is 0 Å². The van der Waals surface area contributed by atoms with Crippen LogP contribution in [0.3, 0.4) is 0 Å². The lowest BCUT2D eigenvalue weighted by Crippen LogP contribution is -2.05. The van der Waals surface area contributed by atoms with Crippen LogP contribution in [-0.2, 0) is 9.53 Å². The summed E-state index contributed by atoms with van der Waals surface area (Å²) >= 11 is 0. The number of carbonyl (C=O) groups is 2. The summed E-state index contributed by atoms with van der Waals surface area (Å²) in [5, 5.41) is 8.72. The van der Waals surface area contributed by atoms with Gasteiger partial charge < -0.3 is 9.84 Å². The van der Waals surface area contributed by atoms with Crippen molar-refractivity contribution in [1.82, 2.24) is 0 Å². The summed E-state index contributed by atoms with van der Waals surface area (Å²) in [4.78, 5) is 22.3. The Kier molecular flexibility index (Phi) is 6.95. The number of rotatable bonds is 7. The minimum absolute atomic E-state index is 0.223. The van der Waals surface area contributed by atoms with Crippen LogP contribution >= 0.6 is 0 Å². The van der Waals surface area contributed by atoms with Gasteiger partial charge in [-0.05, 0) is 44.9 Å². The predicted octanol–water partition coefficient (Wildman–Crippen LogP) is 3.60. The third-order valence-corrected chi connectivity index (χ3v) is 2.98. The van der Waals surface area contributed by atoms with Crippen LogP contribution in [0, 0.1) is 0 Å². The van der Waals surface area contributed by atoms with E-state index in [1.165, 1.54) is 0 Å². The van der Waals surface area contributed by atoms with E-state index in [0.29, 0.717) is 17.6 Å². The van der Waals surface area contributed by atoms with Gasteiger partial charge in [-0.15, -0.1) is 0 Å². The maximum atomic E-state index is 11.7. The first-order chi connectivity index (χ1) is 10.0. The van der Waals surface area contributed by atoms with Gasteiger partial charge in [-0.2, -0.15) is 0 Å². The highest BCUT2D eigenvalue weighted by Gasteiger charge is 2.04. The quantitative estimate of drug-likeness (QED) is 0.473. The normalized spacial score (nSPS) is 12.1. The van der Waals surface area contributed by atoms with Gasteiger partial charge in [0, 0.05) is 5.57 Å². The molecule has 0 atom stereocenters. The predicted molar refractivity (Wildman–Crippen MR) is 81.1 cm³/mol. The molecule has 0 aromatic heterocycles. The molecule has 0 spiro atoms. The first-order valence-electron chi connectivity index (χ1n) is 6.78. The molecule has 0 amide bonds. The largest absolute Gasteiger partial charge is 0.478 e. The first-order valence-corrected chi connectivity index (χ1v) is 6.78. The molecule has 0 saturated carbocycles. The molecular weight excluding hydrogens is 268 g/mol. The lowest BCUT2D eigenvalue weighted by atomic mass is 10.1. The van der Waals surface area contributed by atoms with Gasteiger partial charge in [-0.25, -0.2) is 9.59 Å². The number of carbonyl (C=O) groups excluding carboxylic acids is 1. The molecule has 0 fully saturated rings. The minimum Gasteiger partial charge on any atom is -0.478 e. The van der Waals surface area contributed by atoms with Gasteiger partial charge in [0.2, 0.25) is 0 Å². The van der Waals surface area contributed by atoms with E-state index in [-0.39, 0.29) is 12.6 Å². The van der Waals surface area contributed by atoms with Gasteiger partial charge in [0.1, 0.15) is 6.61 Å². The zero-order valence-corrected chi connectivity index (χ0v) is 12.3. The van der Waals surface area contributed by atoms with Gasteiger partial charge in [-0.3, -0.25) is 0 Å². The second-order valence-corrected chi connectivity index (χ2v) is 4.75. The van der Waals surface area contributed by atoms with Crippen molar-refractivity contribution in [2.75, 3.05) is 6.61 Å². The number of aliphatic carboxylic acids is 1. The van der Waals surface area contributed by atoms with E-state index in [2.05, 4.69) is 0 Å². The summed E-state index contributed by atoms with van der Waals surface area (Å²) in [5.74, 6) is -1.24. The summed E-state index contributed by atoms with van der Waals surface area (Å²) < 4.78 is 5.14. The van der Waals surface area contributed by atoms with E-state index in [1.54, 1.807) is 37.3 Å². The van der Waals surface area contributed by atoms with Crippen LogP contribution < -0.4 is 0 Å². The molecule has 21 heavy (non-hydrogen) atoms. The number of hydrogen-bond donors (Lipinski definition) is 1. The standard InChI is InChI=1S/C17H20O4/c1-13(7-6-8-14(2)16(18)19)11-12-21-17(20)15-9-4-3-5-10-15/h3-5,8-11H,6-7,12H2,1-2H3,(H,18,19). The lowest BCUT2D eigenvalue weighted by Gasteiger charge is -2.03. The number of benzene rings is 1. The third kappa shape index (κ3) is 6.56. The van der Waals surface area contributed by atoms with E-state index in [4.69, 9.17) is 9.84 Å². The Bertz CT molecular complexity index is 541. The SMILES string of the molecule is CC(=CCOC(=O)c1ccccc1)CCC=C(C)C(=O)O. The molecular formula is C17H20O4. The molecule has 1 aromatic rings. The number of esters is 1. The summed E-state index contributed by atoms with van der Waals surface area (Å²) in [6.45, 7) is 3.73. The van der Waals surface area contributed by atoms with Crippen molar-refractivity contribution in [2.45, 2.75) is 26.7 Å². The molecule has 0 aliphatic rings. The van der Waals surface area contributed by atoms with Gasteiger partial charge in [0.25, 0.3) is 0 Å². The molecule has 1 rings (SSSR count). The van der Waals surface area contributed by atoms with Crippen LogP contribution in [-0.4, -0.2) is 23.7 Å². The summed E-state index contributed by atoms with van der Waals surface area (Å²) in [5.41, 5.74) is 1.94. The number of hydrogen-bond acceptors (Lipinski definition) is 3. The molecule has 0 heterocycles. The smallest absolute Gasteiger partial charge is 0.338 e. The Labute approximate surface area is 124 Å². The van der Waals surface area contributed by atoms with Crippen LogP contribution in [0.1, 0.15) is 37.0 Å². The van der Waals surface area contributed by atoms with Crippen LogP contribution in [0.15, 0.2) is 53.6 Å². The number of carboxylic acid groups (broad SMARTS) is 1. The Morgan fingerprint density at radius 3 is 2.43 bits per heavy atom. The molecule has 4 nitrogen and oxygen atoms in total. The Hall–Kier alpha value is -2.36. The summed E-state index contributed by atoms with van der Waals surface area (Å²) in [7, 11) is 0. The van der Waals surface area contributed by atoms with Crippen molar-refractivity contribution < 1.29 is 19.4 Å². The van der Waals surface area contributed by atoms with Gasteiger partial charge >= 0.3 is 11.9 Å². The maximum absolute atomic E-state index is 11.7. The monoisotopic (exact) mass is 288 g/mol. The second-order valence-electron chi connectivity index (χ2n) is 4.75. The van der Waals surface area contributed by atoms with E-state index in [9.17, 15) is 9.59 Å². The number of allylic oxidation sites excluding steroid dienone is 2. The van der Waals surface area contributed by atoms with Crippen LogP contribution in [0.25, 0.3) is 0 Å². The molecule has 112 valence electrons. The fourth-order valence-electron chi connectivity index (χ4n) is 1.62. The van der Waals surface area contributed by atoms with Gasteiger partial charge in [0.15, 0.2) is 0 Å². The van der Waals surface area contributed by atoms with Crippen LogP contribution in [0.2, 0.25) is 0 Å². The fraction of sp³-hybridized carbons (Fsp3) is 0.294. The van der Waals surface area contributed by atoms with Crippen molar-refractivity contribution in [3.8, 4) is 0 Å². The summed E-state index contributed by atoms with van der Waals surface area (Å²) in [6, 6.07) is 8.83. The Balaban J connectivity index is 2.34. The summed E-state index contributed by atoms with van der Waals surface area (Å²) in [6.07, 6.45) is 4.93. The van der Waals surface area contributed by atoms with Crippen LogP contribution in [0.5, 0.6) is 0 Å². The van der Waals surface area contributed by atoms with Gasteiger partial charge in [-0.1, -0.05) is 29.8 Å². The molecule has 0 aliphatic carbocycles. The van der Waals surface area contributed by atoms with E-state index >= 15 is 0 Å². The highest BCUT2D eigenvalue weighted by Crippen LogP contribution is 2.07. The van der Waals surface area contributed by atoms with Gasteiger partial charge in [0.05, 0.1) is 5.56 Å². The average molecular weight is 288 g/mol. The van der Waals surface area contributed by atoms with E-state index in [1.807, 2.05) is 19.1 Å². The third-order valence-electron chi connectivity index (χ3n) is 2.98. The molecule has 0 aliphatic heterocycles. The molecule has 0 bridgehead atoms. The Morgan fingerprint density at radius 2 is 1.81 bits per heavy atom. The zero-order valence-electron chi connectivity index (χ0n) is 12.3. The molecule has 1 N–H and O–H groups in total. The lowest BCUT2D eigenvalue weighted by molar-refractivity contribution is -0.132. The highest BCUT2D eigenvalue weighted by atomic mass is 16.5. The maximum Gasteiger partial charge on any atom is 0.338 e. The average Bonchev–Trinajstić information content (AvgIpc) is 2.47. The molecule has 4 heteroatoms. The first kappa shape index (κ1) is 16.7. The topological polar surface area (TPSA) is 63.6 Å². The van der Waals surface area contributed by atoms with Crippen molar-refractivity contribution >= 4 is 11.9 Å². The Morgan fingerprint density at radius 1 is 1.14 bits per heavy atom. The molecule has 0 unspecified atom stereocenters.